The first-order chi connectivity index (χ1) is 12.0. The molecule has 0 N–H and O–H groups in total. The van der Waals surface area contributed by atoms with Crippen LogP contribution in [0.4, 0.5) is 5.69 Å². The van der Waals surface area contributed by atoms with Gasteiger partial charge in [0.25, 0.3) is 0 Å². The van der Waals surface area contributed by atoms with E-state index in [4.69, 9.17) is 16.3 Å². The fourth-order valence-corrected chi connectivity index (χ4v) is 4.07. The fraction of sp³-hybridized carbons (Fsp3) is 0.278. The first kappa shape index (κ1) is 18.1. The molecule has 1 fully saturated rings. The Morgan fingerprint density at radius 2 is 1.80 bits per heavy atom. The third-order valence-electron chi connectivity index (χ3n) is 4.01. The third-order valence-corrected chi connectivity index (χ3v) is 6.16. The molecule has 3 rings (SSSR count). The van der Waals surface area contributed by atoms with E-state index in [0.29, 0.717) is 37.0 Å². The average molecular weight is 379 g/mol. The molecule has 1 saturated heterocycles. The largest absolute Gasteiger partial charge is 0.379 e. The highest BCUT2D eigenvalue weighted by Crippen LogP contribution is 2.25. The van der Waals surface area contributed by atoms with E-state index in [1.54, 1.807) is 36.5 Å². The third kappa shape index (κ3) is 4.27. The lowest BCUT2D eigenvalue weighted by atomic mass is 10.2. The number of hydrogen-bond acceptors (Lipinski definition) is 4. The van der Waals surface area contributed by atoms with Gasteiger partial charge in [-0.05, 0) is 42.3 Å². The molecule has 0 amide bonds. The molecule has 1 heterocycles. The highest BCUT2D eigenvalue weighted by molar-refractivity contribution is 7.89. The Balaban J connectivity index is 1.88. The molecule has 0 saturated carbocycles. The highest BCUT2D eigenvalue weighted by atomic mass is 35.5. The van der Waals surface area contributed by atoms with Gasteiger partial charge in [-0.2, -0.15) is 4.31 Å². The van der Waals surface area contributed by atoms with Gasteiger partial charge in [-0.1, -0.05) is 29.8 Å². The zero-order valence-electron chi connectivity index (χ0n) is 13.9. The number of ether oxygens (including phenoxy) is 1. The molecule has 0 atom stereocenters. The van der Waals surface area contributed by atoms with Crippen molar-refractivity contribution >= 4 is 33.5 Å². The SMILES string of the molecule is Cc1ccc(S(=O)(=O)N2CCOCC2)cc1N=Cc1ccc(Cl)cc1. The van der Waals surface area contributed by atoms with E-state index in [0.717, 1.165) is 11.1 Å². The number of nitrogens with zero attached hydrogens (tertiary/aromatic N) is 2. The monoisotopic (exact) mass is 378 g/mol. The van der Waals surface area contributed by atoms with Crippen molar-refractivity contribution in [3.05, 3.63) is 58.6 Å². The van der Waals surface area contributed by atoms with Crippen LogP contribution in [-0.2, 0) is 14.8 Å². The molecule has 2 aromatic rings. The normalized spacial score (nSPS) is 16.4. The first-order valence-corrected chi connectivity index (χ1v) is 9.77. The summed E-state index contributed by atoms with van der Waals surface area (Å²) in [5.41, 5.74) is 2.43. The molecule has 7 heteroatoms. The number of aliphatic imine (C=N–C) groups is 1. The van der Waals surface area contributed by atoms with Crippen LogP contribution in [0.5, 0.6) is 0 Å². The van der Waals surface area contributed by atoms with Gasteiger partial charge in [0, 0.05) is 24.3 Å². The fourth-order valence-electron chi connectivity index (χ4n) is 2.52. The lowest BCUT2D eigenvalue weighted by Gasteiger charge is -2.26. The van der Waals surface area contributed by atoms with E-state index in [9.17, 15) is 8.42 Å². The zero-order chi connectivity index (χ0) is 17.9. The summed E-state index contributed by atoms with van der Waals surface area (Å²) in [5.74, 6) is 0. The smallest absolute Gasteiger partial charge is 0.243 e. The molecule has 0 unspecified atom stereocenters. The maximum atomic E-state index is 12.8. The number of aryl methyl sites for hydroxylation is 1. The zero-order valence-corrected chi connectivity index (χ0v) is 15.4. The van der Waals surface area contributed by atoms with Gasteiger partial charge in [0.2, 0.25) is 10.0 Å². The van der Waals surface area contributed by atoms with Crippen LogP contribution < -0.4 is 0 Å². The quantitative estimate of drug-likeness (QED) is 0.766. The summed E-state index contributed by atoms with van der Waals surface area (Å²) < 4.78 is 32.2. The lowest BCUT2D eigenvalue weighted by molar-refractivity contribution is 0.0730. The van der Waals surface area contributed by atoms with Gasteiger partial charge in [0.05, 0.1) is 23.8 Å². The van der Waals surface area contributed by atoms with Crippen molar-refractivity contribution in [1.29, 1.82) is 0 Å². The summed E-state index contributed by atoms with van der Waals surface area (Å²) in [6.45, 7) is 3.50. The lowest BCUT2D eigenvalue weighted by Crippen LogP contribution is -2.40. The van der Waals surface area contributed by atoms with E-state index in [2.05, 4.69) is 4.99 Å². The summed E-state index contributed by atoms with van der Waals surface area (Å²) in [5, 5.41) is 0.659. The molecule has 0 spiro atoms. The Bertz CT molecular complexity index is 874. The Morgan fingerprint density at radius 1 is 1.12 bits per heavy atom. The van der Waals surface area contributed by atoms with Crippen LogP contribution >= 0.6 is 11.6 Å². The van der Waals surface area contributed by atoms with Crippen molar-refractivity contribution in [2.24, 2.45) is 4.99 Å². The van der Waals surface area contributed by atoms with Crippen molar-refractivity contribution < 1.29 is 13.2 Å². The summed E-state index contributed by atoms with van der Waals surface area (Å²) in [6.07, 6.45) is 1.70. The Hall–Kier alpha value is -1.73. The predicted molar refractivity (Wildman–Crippen MR) is 99.5 cm³/mol. The molecule has 0 bridgehead atoms. The number of sulfonamides is 1. The van der Waals surface area contributed by atoms with E-state index in [1.807, 2.05) is 19.1 Å². The van der Waals surface area contributed by atoms with Crippen LogP contribution in [0.3, 0.4) is 0 Å². The Labute approximate surface area is 153 Å². The number of halogens is 1. The summed E-state index contributed by atoms with van der Waals surface area (Å²) in [4.78, 5) is 4.70. The van der Waals surface area contributed by atoms with Crippen LogP contribution in [-0.4, -0.2) is 45.2 Å². The van der Waals surface area contributed by atoms with Crippen LogP contribution in [0, 0.1) is 6.92 Å². The van der Waals surface area contributed by atoms with Crippen molar-refractivity contribution in [2.75, 3.05) is 26.3 Å². The van der Waals surface area contributed by atoms with E-state index in [-0.39, 0.29) is 4.90 Å². The second-order valence-corrected chi connectivity index (χ2v) is 8.15. The van der Waals surface area contributed by atoms with Crippen LogP contribution in [0.25, 0.3) is 0 Å². The highest BCUT2D eigenvalue weighted by Gasteiger charge is 2.26. The molecule has 1 aliphatic rings. The molecule has 5 nitrogen and oxygen atoms in total. The number of morpholine rings is 1. The molecule has 132 valence electrons. The molecule has 0 aliphatic carbocycles. The summed E-state index contributed by atoms with van der Waals surface area (Å²) >= 11 is 5.87. The van der Waals surface area contributed by atoms with Gasteiger partial charge in [-0.15, -0.1) is 0 Å². The van der Waals surface area contributed by atoms with E-state index < -0.39 is 10.0 Å². The van der Waals surface area contributed by atoms with Crippen molar-refractivity contribution in [3.8, 4) is 0 Å². The van der Waals surface area contributed by atoms with Crippen LogP contribution in [0.1, 0.15) is 11.1 Å². The number of benzene rings is 2. The first-order valence-electron chi connectivity index (χ1n) is 7.95. The minimum atomic E-state index is -3.53. The van der Waals surface area contributed by atoms with E-state index in [1.165, 1.54) is 4.31 Å². The van der Waals surface area contributed by atoms with Gasteiger partial charge >= 0.3 is 0 Å². The summed E-state index contributed by atoms with van der Waals surface area (Å²) in [7, 11) is -3.53. The van der Waals surface area contributed by atoms with E-state index >= 15 is 0 Å². The van der Waals surface area contributed by atoms with Gasteiger partial charge in [0.15, 0.2) is 0 Å². The number of rotatable bonds is 4. The maximum absolute atomic E-state index is 12.8. The van der Waals surface area contributed by atoms with Crippen LogP contribution in [0.15, 0.2) is 52.4 Å². The number of hydrogen-bond donors (Lipinski definition) is 0. The van der Waals surface area contributed by atoms with Gasteiger partial charge < -0.3 is 4.74 Å². The van der Waals surface area contributed by atoms with Crippen molar-refractivity contribution in [3.63, 3.8) is 0 Å². The molecule has 2 aromatic carbocycles. The molecular formula is C18H19ClN2O3S. The molecule has 25 heavy (non-hydrogen) atoms. The average Bonchev–Trinajstić information content (AvgIpc) is 2.63. The van der Waals surface area contributed by atoms with Crippen LogP contribution in [0.2, 0.25) is 5.02 Å². The Morgan fingerprint density at radius 3 is 2.48 bits per heavy atom. The Kier molecular flexibility index (Phi) is 5.54. The summed E-state index contributed by atoms with van der Waals surface area (Å²) in [6, 6.07) is 12.3. The van der Waals surface area contributed by atoms with Gasteiger partial charge in [-0.25, -0.2) is 8.42 Å². The second-order valence-electron chi connectivity index (χ2n) is 5.77. The van der Waals surface area contributed by atoms with Gasteiger partial charge in [-0.3, -0.25) is 4.99 Å². The standard InChI is InChI=1S/C18H19ClN2O3S/c1-14-2-7-17(25(22,23)21-8-10-24-11-9-21)12-18(14)20-13-15-3-5-16(19)6-4-15/h2-7,12-13H,8-11H2,1H3. The van der Waals surface area contributed by atoms with Crippen molar-refractivity contribution in [1.82, 2.24) is 4.31 Å². The second kappa shape index (κ2) is 7.66. The molecular weight excluding hydrogens is 360 g/mol. The predicted octanol–water partition coefficient (Wildman–Crippen LogP) is 3.42. The van der Waals surface area contributed by atoms with Crippen molar-refractivity contribution in [2.45, 2.75) is 11.8 Å². The van der Waals surface area contributed by atoms with Gasteiger partial charge in [0.1, 0.15) is 0 Å². The molecule has 1 aliphatic heterocycles. The topological polar surface area (TPSA) is 59.0 Å². The molecule has 0 aromatic heterocycles. The minimum absolute atomic E-state index is 0.253. The molecule has 0 radical (unpaired) electrons. The minimum Gasteiger partial charge on any atom is -0.379 e. The maximum Gasteiger partial charge on any atom is 0.243 e.